The normalized spacial score (nSPS) is 18.3. The Morgan fingerprint density at radius 3 is 2.41 bits per heavy atom. The predicted octanol–water partition coefficient (Wildman–Crippen LogP) is 1.69. The maximum absolute atomic E-state index is 12.4. The van der Waals surface area contributed by atoms with Gasteiger partial charge in [0.05, 0.1) is 11.5 Å². The van der Waals surface area contributed by atoms with Crippen molar-refractivity contribution in [1.29, 1.82) is 0 Å². The van der Waals surface area contributed by atoms with E-state index in [0.29, 0.717) is 26.1 Å². The number of hydrogen-bond acceptors (Lipinski definition) is 4. The van der Waals surface area contributed by atoms with Crippen LogP contribution >= 0.6 is 15.9 Å². The summed E-state index contributed by atoms with van der Waals surface area (Å²) < 4.78 is 32.7. The number of aliphatic hydroxyl groups is 1. The number of aryl methyl sites for hydroxylation is 1. The van der Waals surface area contributed by atoms with Gasteiger partial charge in [-0.3, -0.25) is 0 Å². The minimum absolute atomic E-state index is 0.0386. The van der Waals surface area contributed by atoms with Crippen molar-refractivity contribution in [3.8, 4) is 0 Å². The minimum atomic E-state index is -3.55. The lowest BCUT2D eigenvalue weighted by atomic mass is 9.81. The lowest BCUT2D eigenvalue weighted by Crippen LogP contribution is -2.43. The molecule has 1 aromatic carbocycles. The van der Waals surface area contributed by atoms with Crippen LogP contribution in [0.5, 0.6) is 0 Å². The molecule has 0 atom stereocenters. The summed E-state index contributed by atoms with van der Waals surface area (Å²) in [5.41, 5.74) is 0.674. The third-order valence-electron chi connectivity index (χ3n) is 4.14. The molecule has 0 saturated carbocycles. The van der Waals surface area contributed by atoms with Crippen LogP contribution in [0.15, 0.2) is 29.2 Å². The molecule has 22 heavy (non-hydrogen) atoms. The first-order valence-corrected chi connectivity index (χ1v) is 9.95. The first-order valence-electron chi connectivity index (χ1n) is 7.35. The standard InChI is InChI=1S/C15H22BrNO4S/c16-8-5-13-1-3-14(4-2-13)22(19,20)17-11-15(12-18)6-9-21-10-7-15/h1-4,17-18H,5-12H2. The molecule has 1 fully saturated rings. The molecule has 1 saturated heterocycles. The highest BCUT2D eigenvalue weighted by molar-refractivity contribution is 9.09. The van der Waals surface area contributed by atoms with Gasteiger partial charge in [-0.25, -0.2) is 13.1 Å². The first kappa shape index (κ1) is 17.9. The lowest BCUT2D eigenvalue weighted by Gasteiger charge is -2.35. The number of benzene rings is 1. The second kappa shape index (κ2) is 7.88. The highest BCUT2D eigenvalue weighted by atomic mass is 79.9. The molecule has 0 aromatic heterocycles. The van der Waals surface area contributed by atoms with Crippen molar-refractivity contribution in [2.75, 3.05) is 31.7 Å². The predicted molar refractivity (Wildman–Crippen MR) is 88.7 cm³/mol. The molecule has 1 aliphatic rings. The molecule has 2 N–H and O–H groups in total. The summed E-state index contributed by atoms with van der Waals surface area (Å²) in [7, 11) is -3.55. The third kappa shape index (κ3) is 4.52. The molecule has 1 aromatic rings. The second-order valence-electron chi connectivity index (χ2n) is 5.68. The van der Waals surface area contributed by atoms with Crippen molar-refractivity contribution in [3.05, 3.63) is 29.8 Å². The Labute approximate surface area is 140 Å². The highest BCUT2D eigenvalue weighted by Gasteiger charge is 2.33. The molecule has 0 spiro atoms. The number of halogens is 1. The van der Waals surface area contributed by atoms with Crippen LogP contribution in [-0.4, -0.2) is 45.2 Å². The Morgan fingerprint density at radius 1 is 1.23 bits per heavy atom. The number of hydrogen-bond donors (Lipinski definition) is 2. The quantitative estimate of drug-likeness (QED) is 0.693. The summed E-state index contributed by atoms with van der Waals surface area (Å²) in [6, 6.07) is 6.89. The van der Waals surface area contributed by atoms with Crippen LogP contribution in [0, 0.1) is 5.41 Å². The SMILES string of the molecule is O=S(=O)(NCC1(CO)CCOCC1)c1ccc(CCBr)cc1. The lowest BCUT2D eigenvalue weighted by molar-refractivity contribution is -0.0126. The molecular weight excluding hydrogens is 370 g/mol. The molecular formula is C15H22BrNO4S. The Balaban J connectivity index is 2.03. The molecule has 0 aliphatic carbocycles. The number of ether oxygens (including phenoxy) is 1. The monoisotopic (exact) mass is 391 g/mol. The van der Waals surface area contributed by atoms with Gasteiger partial charge in [-0.05, 0) is 37.0 Å². The number of rotatable bonds is 7. The number of nitrogens with one attached hydrogen (secondary N) is 1. The second-order valence-corrected chi connectivity index (χ2v) is 8.24. The average molecular weight is 392 g/mol. The van der Waals surface area contributed by atoms with Crippen LogP contribution < -0.4 is 4.72 Å². The van der Waals surface area contributed by atoms with Crippen LogP contribution in [0.3, 0.4) is 0 Å². The summed E-state index contributed by atoms with van der Waals surface area (Å²) in [6.45, 7) is 1.31. The molecule has 0 bridgehead atoms. The summed E-state index contributed by atoms with van der Waals surface area (Å²) in [5.74, 6) is 0. The number of sulfonamides is 1. The molecule has 124 valence electrons. The molecule has 7 heteroatoms. The minimum Gasteiger partial charge on any atom is -0.396 e. The first-order chi connectivity index (χ1) is 10.5. The van der Waals surface area contributed by atoms with E-state index in [9.17, 15) is 13.5 Å². The molecule has 0 radical (unpaired) electrons. The van der Waals surface area contributed by atoms with E-state index in [-0.39, 0.29) is 18.0 Å². The Bertz CT molecular complexity index is 568. The van der Waals surface area contributed by atoms with Gasteiger partial charge in [0, 0.05) is 30.5 Å². The molecule has 0 amide bonds. The van der Waals surface area contributed by atoms with Gasteiger partial charge in [0.25, 0.3) is 0 Å². The van der Waals surface area contributed by atoms with Crippen molar-refractivity contribution in [2.45, 2.75) is 24.2 Å². The zero-order valence-corrected chi connectivity index (χ0v) is 14.8. The van der Waals surface area contributed by atoms with Crippen LogP contribution in [0.25, 0.3) is 0 Å². The number of alkyl halides is 1. The average Bonchev–Trinajstić information content (AvgIpc) is 2.55. The van der Waals surface area contributed by atoms with Crippen LogP contribution in [0.1, 0.15) is 18.4 Å². The zero-order chi connectivity index (χ0) is 16.1. The Morgan fingerprint density at radius 2 is 1.86 bits per heavy atom. The van der Waals surface area contributed by atoms with Gasteiger partial charge < -0.3 is 9.84 Å². The van der Waals surface area contributed by atoms with E-state index >= 15 is 0 Å². The fraction of sp³-hybridized carbons (Fsp3) is 0.600. The third-order valence-corrected chi connectivity index (χ3v) is 5.96. The van der Waals surface area contributed by atoms with Crippen molar-refractivity contribution >= 4 is 26.0 Å². The molecule has 0 unspecified atom stereocenters. The number of aliphatic hydroxyl groups excluding tert-OH is 1. The van der Waals surface area contributed by atoms with Crippen LogP contribution in [0.2, 0.25) is 0 Å². The van der Waals surface area contributed by atoms with E-state index in [2.05, 4.69) is 20.7 Å². The van der Waals surface area contributed by atoms with E-state index in [0.717, 1.165) is 17.3 Å². The van der Waals surface area contributed by atoms with E-state index in [4.69, 9.17) is 4.74 Å². The summed E-state index contributed by atoms with van der Waals surface area (Å²) in [4.78, 5) is 0.256. The van der Waals surface area contributed by atoms with Gasteiger partial charge in [0.2, 0.25) is 10.0 Å². The summed E-state index contributed by atoms with van der Waals surface area (Å²) >= 11 is 3.36. The molecule has 1 aliphatic heterocycles. The van der Waals surface area contributed by atoms with Crippen LogP contribution in [-0.2, 0) is 21.2 Å². The fourth-order valence-electron chi connectivity index (χ4n) is 2.47. The van der Waals surface area contributed by atoms with Crippen LogP contribution in [0.4, 0.5) is 0 Å². The van der Waals surface area contributed by atoms with Gasteiger partial charge in [-0.2, -0.15) is 0 Å². The van der Waals surface area contributed by atoms with Crippen molar-refractivity contribution in [2.24, 2.45) is 5.41 Å². The van der Waals surface area contributed by atoms with E-state index < -0.39 is 15.4 Å². The van der Waals surface area contributed by atoms with Gasteiger partial charge in [-0.1, -0.05) is 28.1 Å². The van der Waals surface area contributed by atoms with Gasteiger partial charge in [-0.15, -0.1) is 0 Å². The maximum atomic E-state index is 12.4. The van der Waals surface area contributed by atoms with Gasteiger partial charge in [0.1, 0.15) is 0 Å². The summed E-state index contributed by atoms with van der Waals surface area (Å²) in [6.07, 6.45) is 2.19. The maximum Gasteiger partial charge on any atom is 0.240 e. The van der Waals surface area contributed by atoms with E-state index in [1.807, 2.05) is 12.1 Å². The molecule has 2 rings (SSSR count). The van der Waals surface area contributed by atoms with Gasteiger partial charge in [0.15, 0.2) is 0 Å². The molecule has 5 nitrogen and oxygen atoms in total. The van der Waals surface area contributed by atoms with E-state index in [1.165, 1.54) is 0 Å². The van der Waals surface area contributed by atoms with Crippen molar-refractivity contribution in [3.63, 3.8) is 0 Å². The Hall–Kier alpha value is -0.470. The largest absolute Gasteiger partial charge is 0.396 e. The van der Waals surface area contributed by atoms with E-state index in [1.54, 1.807) is 12.1 Å². The smallest absolute Gasteiger partial charge is 0.240 e. The van der Waals surface area contributed by atoms with Crippen molar-refractivity contribution < 1.29 is 18.3 Å². The summed E-state index contributed by atoms with van der Waals surface area (Å²) in [5, 5.41) is 10.5. The fourth-order valence-corrected chi connectivity index (χ4v) is 4.09. The topological polar surface area (TPSA) is 75.6 Å². The zero-order valence-electron chi connectivity index (χ0n) is 12.4. The van der Waals surface area contributed by atoms with Crippen molar-refractivity contribution in [1.82, 2.24) is 4.72 Å². The Kier molecular flexibility index (Phi) is 6.40. The van der Waals surface area contributed by atoms with Gasteiger partial charge >= 0.3 is 0 Å². The molecule has 1 heterocycles. The highest BCUT2D eigenvalue weighted by Crippen LogP contribution is 2.29.